The number of carbonyl (C=O) groups excluding carboxylic acids is 2. The van der Waals surface area contributed by atoms with Crippen LogP contribution >= 0.6 is 0 Å². The quantitative estimate of drug-likeness (QED) is 0.520. The van der Waals surface area contributed by atoms with E-state index in [1.165, 1.54) is 30.1 Å². The van der Waals surface area contributed by atoms with Gasteiger partial charge in [-0.2, -0.15) is 5.10 Å². The van der Waals surface area contributed by atoms with Crippen molar-refractivity contribution < 1.29 is 14.5 Å². The van der Waals surface area contributed by atoms with Crippen LogP contribution in [-0.2, 0) is 4.79 Å². The van der Waals surface area contributed by atoms with E-state index in [0.717, 1.165) is 11.1 Å². The standard InChI is InChI=1S/C19H19N5O4/c1-11-5-4-6-15(12(11)2)20-17(25)10-23(3)19(26)18-14-9-13(24(27)28)7-8-16(14)21-22-18/h4-9H,10H2,1-3H3,(H,20,25)(H,21,22). The molecule has 0 bridgehead atoms. The van der Waals surface area contributed by atoms with Crippen LogP contribution in [0, 0.1) is 24.0 Å². The Morgan fingerprint density at radius 1 is 1.25 bits per heavy atom. The molecule has 0 radical (unpaired) electrons. The number of nitro groups is 1. The van der Waals surface area contributed by atoms with Crippen molar-refractivity contribution >= 4 is 34.1 Å². The minimum absolute atomic E-state index is 0.0285. The van der Waals surface area contributed by atoms with Crippen LogP contribution in [0.3, 0.4) is 0 Å². The summed E-state index contributed by atoms with van der Waals surface area (Å²) in [4.78, 5) is 36.7. The summed E-state index contributed by atoms with van der Waals surface area (Å²) in [7, 11) is 1.48. The molecule has 0 saturated heterocycles. The molecule has 0 aliphatic heterocycles. The first-order valence-corrected chi connectivity index (χ1v) is 8.52. The Bertz CT molecular complexity index is 1090. The number of carbonyl (C=O) groups is 2. The van der Waals surface area contributed by atoms with Gasteiger partial charge < -0.3 is 10.2 Å². The molecule has 9 heteroatoms. The highest BCUT2D eigenvalue weighted by Gasteiger charge is 2.22. The number of benzene rings is 2. The number of hydrogen-bond donors (Lipinski definition) is 2. The minimum Gasteiger partial charge on any atom is -0.331 e. The monoisotopic (exact) mass is 381 g/mol. The van der Waals surface area contributed by atoms with E-state index in [9.17, 15) is 19.7 Å². The molecule has 0 fully saturated rings. The summed E-state index contributed by atoms with van der Waals surface area (Å²) in [6.45, 7) is 3.67. The molecule has 0 spiro atoms. The number of aromatic amines is 1. The number of rotatable bonds is 5. The number of likely N-dealkylation sites (N-methyl/N-ethyl adjacent to an activating group) is 1. The number of anilines is 1. The number of nitrogens with zero attached hydrogens (tertiary/aromatic N) is 3. The van der Waals surface area contributed by atoms with E-state index in [1.807, 2.05) is 26.0 Å². The number of fused-ring (bicyclic) bond motifs is 1. The lowest BCUT2D eigenvalue weighted by atomic mass is 10.1. The molecule has 2 amide bonds. The lowest BCUT2D eigenvalue weighted by Gasteiger charge is -2.17. The zero-order chi connectivity index (χ0) is 20.4. The molecular formula is C19H19N5O4. The Hall–Kier alpha value is -3.75. The Morgan fingerprint density at radius 2 is 2.00 bits per heavy atom. The predicted octanol–water partition coefficient (Wildman–Crippen LogP) is 2.80. The second-order valence-corrected chi connectivity index (χ2v) is 6.52. The highest BCUT2D eigenvalue weighted by atomic mass is 16.6. The van der Waals surface area contributed by atoms with E-state index in [4.69, 9.17) is 0 Å². The van der Waals surface area contributed by atoms with Crippen LogP contribution in [0.25, 0.3) is 10.9 Å². The molecule has 1 aromatic heterocycles. The molecule has 0 saturated carbocycles. The van der Waals surface area contributed by atoms with Crippen LogP contribution in [-0.4, -0.2) is 45.4 Å². The lowest BCUT2D eigenvalue weighted by Crippen LogP contribution is -2.35. The van der Waals surface area contributed by atoms with Crippen LogP contribution in [0.5, 0.6) is 0 Å². The molecule has 0 unspecified atom stereocenters. The fourth-order valence-corrected chi connectivity index (χ4v) is 2.82. The normalized spacial score (nSPS) is 10.7. The summed E-state index contributed by atoms with van der Waals surface area (Å²) in [6, 6.07) is 9.69. The Labute approximate surface area is 160 Å². The van der Waals surface area contributed by atoms with Crippen LogP contribution in [0.2, 0.25) is 0 Å². The van der Waals surface area contributed by atoms with Crippen molar-refractivity contribution in [3.05, 3.63) is 63.3 Å². The zero-order valence-corrected chi connectivity index (χ0v) is 15.6. The summed E-state index contributed by atoms with van der Waals surface area (Å²) in [5.74, 6) is -0.863. The molecule has 2 N–H and O–H groups in total. The van der Waals surface area contributed by atoms with Crippen LogP contribution in [0.15, 0.2) is 36.4 Å². The smallest absolute Gasteiger partial charge is 0.275 e. The van der Waals surface area contributed by atoms with Gasteiger partial charge in [-0.15, -0.1) is 0 Å². The van der Waals surface area contributed by atoms with E-state index in [2.05, 4.69) is 15.5 Å². The third-order valence-corrected chi connectivity index (χ3v) is 4.57. The van der Waals surface area contributed by atoms with Crippen molar-refractivity contribution in [1.82, 2.24) is 15.1 Å². The van der Waals surface area contributed by atoms with E-state index >= 15 is 0 Å². The molecule has 0 aliphatic carbocycles. The van der Waals surface area contributed by atoms with Crippen LogP contribution in [0.1, 0.15) is 21.6 Å². The average Bonchev–Trinajstić information content (AvgIpc) is 3.07. The topological polar surface area (TPSA) is 121 Å². The maximum Gasteiger partial charge on any atom is 0.275 e. The van der Waals surface area contributed by atoms with Crippen molar-refractivity contribution in [3.63, 3.8) is 0 Å². The fraction of sp³-hybridized carbons (Fsp3) is 0.211. The molecule has 3 aromatic rings. The SMILES string of the molecule is Cc1cccc(NC(=O)CN(C)C(=O)c2n[nH]c3ccc([N+](=O)[O-])cc23)c1C. The third-order valence-electron chi connectivity index (χ3n) is 4.57. The van der Waals surface area contributed by atoms with Gasteiger partial charge in [0.15, 0.2) is 5.69 Å². The second-order valence-electron chi connectivity index (χ2n) is 6.52. The van der Waals surface area contributed by atoms with E-state index in [-0.39, 0.29) is 23.8 Å². The molecule has 28 heavy (non-hydrogen) atoms. The number of non-ortho nitro benzene ring substituents is 1. The molecule has 0 aliphatic rings. The van der Waals surface area contributed by atoms with Gasteiger partial charge in [0, 0.05) is 30.3 Å². The Morgan fingerprint density at radius 3 is 2.71 bits per heavy atom. The van der Waals surface area contributed by atoms with Crippen LogP contribution in [0.4, 0.5) is 11.4 Å². The molecule has 9 nitrogen and oxygen atoms in total. The van der Waals surface area contributed by atoms with Gasteiger partial charge in [0.2, 0.25) is 5.91 Å². The van der Waals surface area contributed by atoms with Gasteiger partial charge in [-0.25, -0.2) is 0 Å². The number of hydrogen-bond acceptors (Lipinski definition) is 5. The van der Waals surface area contributed by atoms with Gasteiger partial charge in [0.25, 0.3) is 11.6 Å². The third kappa shape index (κ3) is 3.68. The van der Waals surface area contributed by atoms with E-state index < -0.39 is 10.8 Å². The molecule has 2 aromatic carbocycles. The summed E-state index contributed by atoms with van der Waals surface area (Å²) < 4.78 is 0. The van der Waals surface area contributed by atoms with Gasteiger partial charge in [-0.1, -0.05) is 12.1 Å². The van der Waals surface area contributed by atoms with E-state index in [0.29, 0.717) is 16.6 Å². The molecule has 144 valence electrons. The van der Waals surface area contributed by atoms with Crippen molar-refractivity contribution in [2.75, 3.05) is 18.9 Å². The molecule has 3 rings (SSSR count). The van der Waals surface area contributed by atoms with Gasteiger partial charge in [0.05, 0.1) is 17.0 Å². The predicted molar refractivity (Wildman–Crippen MR) is 104 cm³/mol. The molecule has 1 heterocycles. The highest BCUT2D eigenvalue weighted by Crippen LogP contribution is 2.23. The summed E-state index contributed by atoms with van der Waals surface area (Å²) in [6.07, 6.45) is 0. The first-order valence-electron chi connectivity index (χ1n) is 8.52. The van der Waals surface area contributed by atoms with Gasteiger partial charge in [-0.3, -0.25) is 24.8 Å². The Balaban J connectivity index is 1.76. The maximum atomic E-state index is 12.7. The van der Waals surface area contributed by atoms with Crippen LogP contribution < -0.4 is 5.32 Å². The first kappa shape index (κ1) is 19.0. The summed E-state index contributed by atoms with van der Waals surface area (Å²) in [5.41, 5.74) is 3.08. The van der Waals surface area contributed by atoms with Gasteiger partial charge in [-0.05, 0) is 37.1 Å². The molecule has 0 atom stereocenters. The number of H-pyrrole nitrogens is 1. The zero-order valence-electron chi connectivity index (χ0n) is 15.6. The van der Waals surface area contributed by atoms with Crippen molar-refractivity contribution in [2.24, 2.45) is 0 Å². The number of nitro benzene ring substituents is 1. The fourth-order valence-electron chi connectivity index (χ4n) is 2.82. The summed E-state index contributed by atoms with van der Waals surface area (Å²) in [5, 5.41) is 20.7. The van der Waals surface area contributed by atoms with Crippen molar-refractivity contribution in [1.29, 1.82) is 0 Å². The lowest BCUT2D eigenvalue weighted by molar-refractivity contribution is -0.384. The van der Waals surface area contributed by atoms with E-state index in [1.54, 1.807) is 6.07 Å². The number of aromatic nitrogens is 2. The minimum atomic E-state index is -0.540. The van der Waals surface area contributed by atoms with Crippen molar-refractivity contribution in [3.8, 4) is 0 Å². The van der Waals surface area contributed by atoms with Gasteiger partial charge in [0.1, 0.15) is 0 Å². The largest absolute Gasteiger partial charge is 0.331 e. The Kier molecular flexibility index (Phi) is 5.08. The van der Waals surface area contributed by atoms with Gasteiger partial charge >= 0.3 is 0 Å². The first-order chi connectivity index (χ1) is 13.3. The second kappa shape index (κ2) is 7.47. The summed E-state index contributed by atoms with van der Waals surface area (Å²) >= 11 is 0. The number of aryl methyl sites for hydroxylation is 1. The highest BCUT2D eigenvalue weighted by molar-refractivity contribution is 6.06. The average molecular weight is 381 g/mol. The number of nitrogens with one attached hydrogen (secondary N) is 2. The van der Waals surface area contributed by atoms with Crippen molar-refractivity contribution in [2.45, 2.75) is 13.8 Å². The number of amides is 2. The maximum absolute atomic E-state index is 12.7. The molecular weight excluding hydrogens is 362 g/mol.